The zero-order chi connectivity index (χ0) is 13.7. The normalized spacial score (nSPS) is 11.9. The maximum atomic E-state index is 11.0. The predicted octanol–water partition coefficient (Wildman–Crippen LogP) is 2.41. The quantitative estimate of drug-likeness (QED) is 0.287. The van der Waals surface area contributed by atoms with Crippen molar-refractivity contribution in [3.63, 3.8) is 0 Å². The fraction of sp³-hybridized carbons (Fsp3) is 0.500. The molecule has 1 rings (SSSR count). The lowest BCUT2D eigenvalue weighted by Gasteiger charge is -2.17. The number of thioether (sulfide) groups is 1. The zero-order valence-electron chi connectivity index (χ0n) is 10.2. The number of aromatic nitrogens is 2. The summed E-state index contributed by atoms with van der Waals surface area (Å²) in [6.07, 6.45) is 1.21. The Morgan fingerprint density at radius 1 is 1.50 bits per heavy atom. The van der Waals surface area contributed by atoms with Crippen LogP contribution in [0.4, 0.5) is 11.5 Å². The summed E-state index contributed by atoms with van der Waals surface area (Å²) in [6, 6.07) is 0.0264. The molecule has 7 nitrogen and oxygen atoms in total. The zero-order valence-corrected chi connectivity index (χ0v) is 11.1. The largest absolute Gasteiger partial charge is 0.361 e. The van der Waals surface area contributed by atoms with Gasteiger partial charge in [0.05, 0.1) is 4.92 Å². The van der Waals surface area contributed by atoms with Gasteiger partial charge in [-0.2, -0.15) is 5.26 Å². The molecule has 0 aromatic carbocycles. The molecule has 0 aliphatic rings. The number of thiocyanates is 1. The fourth-order valence-electron chi connectivity index (χ4n) is 1.13. The molecule has 1 aromatic heterocycles. The fourth-order valence-corrected chi connectivity index (χ4v) is 1.59. The minimum atomic E-state index is -0.574. The predicted molar refractivity (Wildman–Crippen MR) is 68.1 cm³/mol. The summed E-state index contributed by atoms with van der Waals surface area (Å²) in [4.78, 5) is 18.1. The molecule has 0 aliphatic carbocycles. The van der Waals surface area contributed by atoms with E-state index in [1.807, 2.05) is 20.8 Å². The molecule has 1 unspecified atom stereocenters. The molecule has 0 spiro atoms. The van der Waals surface area contributed by atoms with Gasteiger partial charge in [0.15, 0.2) is 5.03 Å². The lowest BCUT2D eigenvalue weighted by molar-refractivity contribution is -0.387. The van der Waals surface area contributed by atoms with Crippen LogP contribution in [0.3, 0.4) is 0 Å². The SMILES string of the molecule is CC(C)C(C)Nc1ncnc(SC#N)c1[N+](=O)[O-]. The van der Waals surface area contributed by atoms with Crippen LogP contribution in [0.5, 0.6) is 0 Å². The molecule has 1 atom stereocenters. The Balaban J connectivity index is 3.15. The highest BCUT2D eigenvalue weighted by Gasteiger charge is 2.24. The minimum absolute atomic E-state index is 0.0264. The molecular weight excluding hydrogens is 254 g/mol. The Kier molecular flexibility index (Phi) is 4.85. The van der Waals surface area contributed by atoms with Crippen LogP contribution < -0.4 is 5.32 Å². The van der Waals surface area contributed by atoms with Crippen LogP contribution in [0.1, 0.15) is 20.8 Å². The highest BCUT2D eigenvalue weighted by Crippen LogP contribution is 2.32. The van der Waals surface area contributed by atoms with E-state index >= 15 is 0 Å². The summed E-state index contributed by atoms with van der Waals surface area (Å²) in [5.74, 6) is 0.445. The van der Waals surface area contributed by atoms with Gasteiger partial charge in [0.2, 0.25) is 5.82 Å². The third-order valence-electron chi connectivity index (χ3n) is 2.48. The molecule has 18 heavy (non-hydrogen) atoms. The van der Waals surface area contributed by atoms with Crippen molar-refractivity contribution in [3.05, 3.63) is 16.4 Å². The van der Waals surface area contributed by atoms with E-state index in [1.165, 1.54) is 6.33 Å². The maximum Gasteiger partial charge on any atom is 0.344 e. The van der Waals surface area contributed by atoms with E-state index in [4.69, 9.17) is 5.26 Å². The molecule has 8 heteroatoms. The van der Waals surface area contributed by atoms with Crippen LogP contribution in [0, 0.1) is 26.7 Å². The van der Waals surface area contributed by atoms with Gasteiger partial charge in [-0.25, -0.2) is 9.97 Å². The summed E-state index contributed by atoms with van der Waals surface area (Å²) >= 11 is 0.653. The number of hydrogen-bond acceptors (Lipinski definition) is 7. The molecule has 1 heterocycles. The summed E-state index contributed by atoms with van der Waals surface area (Å²) in [6.45, 7) is 5.90. The molecule has 0 saturated carbocycles. The first-order valence-electron chi connectivity index (χ1n) is 5.29. The minimum Gasteiger partial charge on any atom is -0.361 e. The number of nitrogens with one attached hydrogen (secondary N) is 1. The lowest BCUT2D eigenvalue weighted by atomic mass is 10.1. The first-order valence-corrected chi connectivity index (χ1v) is 6.10. The van der Waals surface area contributed by atoms with Crippen LogP contribution in [-0.2, 0) is 0 Å². The molecular formula is C10H13N5O2S. The van der Waals surface area contributed by atoms with E-state index in [0.29, 0.717) is 17.7 Å². The topological polar surface area (TPSA) is 105 Å². The number of anilines is 1. The van der Waals surface area contributed by atoms with Gasteiger partial charge >= 0.3 is 5.69 Å². The number of rotatable bonds is 5. The highest BCUT2D eigenvalue weighted by atomic mass is 32.2. The molecule has 1 N–H and O–H groups in total. The summed E-state index contributed by atoms with van der Waals surface area (Å²) < 4.78 is 0. The van der Waals surface area contributed by atoms with Crippen molar-refractivity contribution in [1.29, 1.82) is 5.26 Å². The van der Waals surface area contributed by atoms with E-state index < -0.39 is 4.92 Å². The highest BCUT2D eigenvalue weighted by molar-refractivity contribution is 8.03. The standard InChI is InChI=1S/C10H13N5O2S/c1-6(2)7(3)14-9-8(15(16)17)10(18-4-11)13-5-12-9/h5-7H,1-3H3,(H,12,13,14). The Morgan fingerprint density at radius 2 is 2.17 bits per heavy atom. The second-order valence-corrected chi connectivity index (χ2v) is 4.78. The van der Waals surface area contributed by atoms with E-state index in [-0.39, 0.29) is 22.6 Å². The summed E-state index contributed by atoms with van der Waals surface area (Å²) in [5, 5.41) is 24.4. The number of hydrogen-bond donors (Lipinski definition) is 1. The van der Waals surface area contributed by atoms with Crippen molar-refractivity contribution >= 4 is 23.3 Å². The van der Waals surface area contributed by atoms with Crippen LogP contribution in [0.2, 0.25) is 0 Å². The van der Waals surface area contributed by atoms with Crippen LogP contribution in [-0.4, -0.2) is 20.9 Å². The Hall–Kier alpha value is -1.88. The first kappa shape index (κ1) is 14.2. The smallest absolute Gasteiger partial charge is 0.344 e. The Bertz CT molecular complexity index is 486. The average Bonchev–Trinajstić information content (AvgIpc) is 2.29. The van der Waals surface area contributed by atoms with Gasteiger partial charge in [0.1, 0.15) is 11.7 Å². The molecule has 0 fully saturated rings. The number of nitro groups is 1. The Labute approximate surface area is 109 Å². The van der Waals surface area contributed by atoms with Gasteiger partial charge in [-0.3, -0.25) is 10.1 Å². The van der Waals surface area contributed by atoms with Crippen LogP contribution >= 0.6 is 11.8 Å². The maximum absolute atomic E-state index is 11.0. The molecule has 0 aliphatic heterocycles. The van der Waals surface area contributed by atoms with Gasteiger partial charge in [-0.1, -0.05) is 13.8 Å². The molecule has 0 radical (unpaired) electrons. The van der Waals surface area contributed by atoms with E-state index in [1.54, 1.807) is 5.40 Å². The van der Waals surface area contributed by atoms with Gasteiger partial charge < -0.3 is 5.32 Å². The van der Waals surface area contributed by atoms with E-state index in [2.05, 4.69) is 15.3 Å². The van der Waals surface area contributed by atoms with Crippen molar-refractivity contribution in [2.75, 3.05) is 5.32 Å². The van der Waals surface area contributed by atoms with Crippen molar-refractivity contribution in [1.82, 2.24) is 9.97 Å². The van der Waals surface area contributed by atoms with Gasteiger partial charge in [-0.15, -0.1) is 0 Å². The van der Waals surface area contributed by atoms with Gasteiger partial charge in [0.25, 0.3) is 0 Å². The van der Waals surface area contributed by atoms with Crippen molar-refractivity contribution in [3.8, 4) is 5.40 Å². The molecule has 0 amide bonds. The van der Waals surface area contributed by atoms with E-state index in [0.717, 1.165) is 0 Å². The first-order chi connectivity index (χ1) is 8.47. The van der Waals surface area contributed by atoms with Crippen LogP contribution in [0.15, 0.2) is 11.4 Å². The molecule has 1 aromatic rings. The number of nitrogens with zero attached hydrogens (tertiary/aromatic N) is 4. The summed E-state index contributed by atoms with van der Waals surface area (Å²) in [5.41, 5.74) is -0.253. The summed E-state index contributed by atoms with van der Waals surface area (Å²) in [7, 11) is 0. The third kappa shape index (κ3) is 3.30. The van der Waals surface area contributed by atoms with Crippen molar-refractivity contribution in [2.24, 2.45) is 5.92 Å². The molecule has 0 saturated heterocycles. The second-order valence-electron chi connectivity index (χ2n) is 4.00. The molecule has 96 valence electrons. The Morgan fingerprint density at radius 3 is 2.67 bits per heavy atom. The van der Waals surface area contributed by atoms with Crippen molar-refractivity contribution in [2.45, 2.75) is 31.8 Å². The monoisotopic (exact) mass is 267 g/mol. The van der Waals surface area contributed by atoms with E-state index in [9.17, 15) is 10.1 Å². The second kappa shape index (κ2) is 6.16. The average molecular weight is 267 g/mol. The van der Waals surface area contributed by atoms with Gasteiger partial charge in [0, 0.05) is 17.8 Å². The van der Waals surface area contributed by atoms with Crippen molar-refractivity contribution < 1.29 is 4.92 Å². The van der Waals surface area contributed by atoms with Crippen LogP contribution in [0.25, 0.3) is 0 Å². The molecule has 0 bridgehead atoms. The van der Waals surface area contributed by atoms with Gasteiger partial charge in [-0.05, 0) is 12.8 Å². The lowest BCUT2D eigenvalue weighted by Crippen LogP contribution is -2.23. The third-order valence-corrected chi connectivity index (χ3v) is 3.06. The number of nitriles is 1.